The minimum atomic E-state index is -0.914. The number of thiophene rings is 1. The van der Waals surface area contributed by atoms with E-state index in [-0.39, 0.29) is 24.5 Å². The second-order valence-corrected chi connectivity index (χ2v) is 5.54. The molecule has 1 N–H and O–H groups in total. The molecule has 7 heteroatoms. The first kappa shape index (κ1) is 14.8. The molecule has 1 aromatic heterocycles. The summed E-state index contributed by atoms with van der Waals surface area (Å²) in [5, 5.41) is 10.7. The molecule has 1 fully saturated rings. The van der Waals surface area contributed by atoms with Gasteiger partial charge in [-0.1, -0.05) is 0 Å². The molecule has 0 bridgehead atoms. The van der Waals surface area contributed by atoms with Crippen LogP contribution in [-0.2, 0) is 9.53 Å². The Bertz CT molecular complexity index is 501. The lowest BCUT2D eigenvalue weighted by Crippen LogP contribution is -2.37. The normalized spacial score (nSPS) is 22.0. The molecule has 1 aliphatic heterocycles. The Kier molecular flexibility index (Phi) is 4.61. The standard InChI is InChI=1S/C13H17NO5S/c1-18-9-5-8(6-11(15)16)14(7-9)13(17)12-10(19-2)3-4-20-12/h3-4,8-9H,5-7H2,1-2H3,(H,15,16)/t8-,9+/m0/s1. The number of hydrogen-bond acceptors (Lipinski definition) is 5. The van der Waals surface area contributed by atoms with E-state index in [0.29, 0.717) is 23.6 Å². The summed E-state index contributed by atoms with van der Waals surface area (Å²) >= 11 is 1.29. The van der Waals surface area contributed by atoms with Crippen LogP contribution >= 0.6 is 11.3 Å². The monoisotopic (exact) mass is 299 g/mol. The topological polar surface area (TPSA) is 76.1 Å². The lowest BCUT2D eigenvalue weighted by atomic mass is 10.1. The summed E-state index contributed by atoms with van der Waals surface area (Å²) in [6, 6.07) is 1.39. The number of aliphatic carboxylic acids is 1. The number of methoxy groups -OCH3 is 2. The van der Waals surface area contributed by atoms with Crippen LogP contribution in [-0.4, -0.2) is 54.8 Å². The second kappa shape index (κ2) is 6.23. The van der Waals surface area contributed by atoms with Crippen LogP contribution in [0.4, 0.5) is 0 Å². The zero-order chi connectivity index (χ0) is 14.7. The number of hydrogen-bond donors (Lipinski definition) is 1. The van der Waals surface area contributed by atoms with Crippen molar-refractivity contribution in [3.8, 4) is 5.75 Å². The molecule has 2 rings (SSSR count). The molecule has 1 saturated heterocycles. The van der Waals surface area contributed by atoms with Gasteiger partial charge in [0.15, 0.2) is 0 Å². The average molecular weight is 299 g/mol. The van der Waals surface area contributed by atoms with E-state index >= 15 is 0 Å². The molecule has 110 valence electrons. The smallest absolute Gasteiger partial charge is 0.305 e. The van der Waals surface area contributed by atoms with Crippen molar-refractivity contribution in [2.45, 2.75) is 25.0 Å². The molecule has 0 aromatic carbocycles. The fourth-order valence-electron chi connectivity index (χ4n) is 2.43. The fraction of sp³-hybridized carbons (Fsp3) is 0.538. The van der Waals surface area contributed by atoms with E-state index < -0.39 is 5.97 Å². The molecule has 2 heterocycles. The van der Waals surface area contributed by atoms with Crippen molar-refractivity contribution in [3.05, 3.63) is 16.3 Å². The fourth-order valence-corrected chi connectivity index (χ4v) is 3.25. The summed E-state index contributed by atoms with van der Waals surface area (Å²) in [4.78, 5) is 25.6. The van der Waals surface area contributed by atoms with E-state index in [1.54, 1.807) is 23.5 Å². The molecule has 20 heavy (non-hydrogen) atoms. The summed E-state index contributed by atoms with van der Waals surface area (Å²) < 4.78 is 10.4. The van der Waals surface area contributed by atoms with Gasteiger partial charge >= 0.3 is 5.97 Å². The number of carboxylic acid groups (broad SMARTS) is 1. The zero-order valence-electron chi connectivity index (χ0n) is 11.4. The number of carboxylic acids is 1. The molecule has 0 radical (unpaired) electrons. The molecule has 6 nitrogen and oxygen atoms in total. The lowest BCUT2D eigenvalue weighted by Gasteiger charge is -2.22. The maximum absolute atomic E-state index is 12.5. The highest BCUT2D eigenvalue weighted by Crippen LogP contribution is 2.30. The van der Waals surface area contributed by atoms with Crippen molar-refractivity contribution >= 4 is 23.2 Å². The van der Waals surface area contributed by atoms with Gasteiger partial charge in [0.1, 0.15) is 10.6 Å². The zero-order valence-corrected chi connectivity index (χ0v) is 12.2. The first-order chi connectivity index (χ1) is 9.56. The van der Waals surface area contributed by atoms with Crippen molar-refractivity contribution < 1.29 is 24.2 Å². The van der Waals surface area contributed by atoms with Gasteiger partial charge in [-0.15, -0.1) is 11.3 Å². The van der Waals surface area contributed by atoms with Crippen LogP contribution in [0.3, 0.4) is 0 Å². The van der Waals surface area contributed by atoms with Crippen LogP contribution in [0.2, 0.25) is 0 Å². The molecule has 0 saturated carbocycles. The van der Waals surface area contributed by atoms with Gasteiger partial charge in [-0.25, -0.2) is 0 Å². The number of likely N-dealkylation sites (tertiary alicyclic amines) is 1. The predicted molar refractivity (Wildman–Crippen MR) is 73.4 cm³/mol. The number of rotatable bonds is 5. The van der Waals surface area contributed by atoms with E-state index in [4.69, 9.17) is 14.6 Å². The Morgan fingerprint density at radius 1 is 1.50 bits per heavy atom. The molecular weight excluding hydrogens is 282 g/mol. The molecule has 0 spiro atoms. The van der Waals surface area contributed by atoms with Crippen LogP contribution in [0.5, 0.6) is 5.75 Å². The third-order valence-corrected chi connectivity index (χ3v) is 4.31. The SMILES string of the molecule is COc1ccsc1C(=O)N1C[C@H](OC)C[C@H]1CC(=O)O. The van der Waals surface area contributed by atoms with Gasteiger partial charge in [0.25, 0.3) is 5.91 Å². The maximum Gasteiger partial charge on any atom is 0.305 e. The maximum atomic E-state index is 12.5. The average Bonchev–Trinajstić information content (AvgIpc) is 3.03. The number of carbonyl (C=O) groups excluding carboxylic acids is 1. The second-order valence-electron chi connectivity index (χ2n) is 4.62. The van der Waals surface area contributed by atoms with Gasteiger partial charge in [-0.05, 0) is 17.9 Å². The van der Waals surface area contributed by atoms with Crippen molar-refractivity contribution in [2.24, 2.45) is 0 Å². The summed E-state index contributed by atoms with van der Waals surface area (Å²) in [6.07, 6.45) is 0.357. The van der Waals surface area contributed by atoms with Crippen molar-refractivity contribution in [1.29, 1.82) is 0 Å². The van der Waals surface area contributed by atoms with Crippen LogP contribution in [0.1, 0.15) is 22.5 Å². The third-order valence-electron chi connectivity index (χ3n) is 3.42. The van der Waals surface area contributed by atoms with Gasteiger partial charge in [0.2, 0.25) is 0 Å². The summed E-state index contributed by atoms with van der Waals surface area (Å²) in [5.41, 5.74) is 0. The number of ether oxygens (including phenoxy) is 2. The van der Waals surface area contributed by atoms with Crippen molar-refractivity contribution in [3.63, 3.8) is 0 Å². The van der Waals surface area contributed by atoms with Crippen LogP contribution in [0.15, 0.2) is 11.4 Å². The number of carbonyl (C=O) groups is 2. The minimum Gasteiger partial charge on any atom is -0.495 e. The minimum absolute atomic E-state index is 0.0701. The quantitative estimate of drug-likeness (QED) is 0.891. The Hall–Kier alpha value is -1.60. The van der Waals surface area contributed by atoms with Gasteiger partial charge in [0, 0.05) is 19.7 Å². The highest BCUT2D eigenvalue weighted by molar-refractivity contribution is 7.12. The summed E-state index contributed by atoms with van der Waals surface area (Å²) in [5.74, 6) is -0.583. The Morgan fingerprint density at radius 2 is 2.25 bits per heavy atom. The highest BCUT2D eigenvalue weighted by atomic mass is 32.1. The third kappa shape index (κ3) is 2.94. The van der Waals surface area contributed by atoms with E-state index in [1.807, 2.05) is 0 Å². The lowest BCUT2D eigenvalue weighted by molar-refractivity contribution is -0.137. The molecule has 1 aliphatic rings. The number of amides is 1. The van der Waals surface area contributed by atoms with E-state index in [0.717, 1.165) is 0 Å². The van der Waals surface area contributed by atoms with Crippen molar-refractivity contribution in [2.75, 3.05) is 20.8 Å². The van der Waals surface area contributed by atoms with Crippen molar-refractivity contribution in [1.82, 2.24) is 4.90 Å². The molecule has 0 aliphatic carbocycles. The van der Waals surface area contributed by atoms with E-state index in [1.165, 1.54) is 18.4 Å². The first-order valence-corrected chi connectivity index (χ1v) is 7.11. The first-order valence-electron chi connectivity index (χ1n) is 6.23. The van der Waals surface area contributed by atoms with Crippen LogP contribution in [0, 0.1) is 0 Å². The molecular formula is C13H17NO5S. The molecule has 0 unspecified atom stereocenters. The van der Waals surface area contributed by atoms with E-state index in [9.17, 15) is 9.59 Å². The molecule has 1 amide bonds. The van der Waals surface area contributed by atoms with Crippen LogP contribution in [0.25, 0.3) is 0 Å². The number of nitrogens with zero attached hydrogens (tertiary/aromatic N) is 1. The predicted octanol–water partition coefficient (Wildman–Crippen LogP) is 1.46. The molecule has 2 atom stereocenters. The van der Waals surface area contributed by atoms with Gasteiger partial charge in [0.05, 0.1) is 19.6 Å². The molecule has 1 aromatic rings. The van der Waals surface area contributed by atoms with Gasteiger partial charge in [-0.3, -0.25) is 9.59 Å². The summed E-state index contributed by atoms with van der Waals surface area (Å²) in [6.45, 7) is 0.411. The van der Waals surface area contributed by atoms with E-state index in [2.05, 4.69) is 0 Å². The summed E-state index contributed by atoms with van der Waals surface area (Å²) in [7, 11) is 3.08. The van der Waals surface area contributed by atoms with Gasteiger partial charge in [-0.2, -0.15) is 0 Å². The highest BCUT2D eigenvalue weighted by Gasteiger charge is 2.38. The largest absolute Gasteiger partial charge is 0.495 e. The van der Waals surface area contributed by atoms with Gasteiger partial charge < -0.3 is 19.5 Å². The van der Waals surface area contributed by atoms with Crippen LogP contribution < -0.4 is 4.74 Å². The Balaban J connectivity index is 2.19. The Morgan fingerprint density at radius 3 is 2.85 bits per heavy atom. The Labute approximate surface area is 120 Å².